The summed E-state index contributed by atoms with van der Waals surface area (Å²) >= 11 is 6.02. The van der Waals surface area contributed by atoms with E-state index >= 15 is 0 Å². The molecule has 0 spiro atoms. The third-order valence-corrected chi connectivity index (χ3v) is 5.23. The predicted octanol–water partition coefficient (Wildman–Crippen LogP) is 1.69. The smallest absolute Gasteiger partial charge is 0.407 e. The topological polar surface area (TPSA) is 96.6 Å². The van der Waals surface area contributed by atoms with Crippen LogP contribution >= 0.6 is 11.6 Å². The highest BCUT2D eigenvalue weighted by Crippen LogP contribution is 2.26. The zero-order valence-corrected chi connectivity index (χ0v) is 14.9. The third kappa shape index (κ3) is 4.43. The molecule has 8 nitrogen and oxygen atoms in total. The highest BCUT2D eigenvalue weighted by atomic mass is 35.5. The Balaban J connectivity index is 1.47. The van der Waals surface area contributed by atoms with Gasteiger partial charge in [-0.05, 0) is 25.7 Å². The fraction of sp³-hybridized carbons (Fsp3) is 0.688. The Bertz CT molecular complexity index is 660. The number of ether oxygens (including phenoxy) is 2. The van der Waals surface area contributed by atoms with Gasteiger partial charge in [0.05, 0.1) is 24.5 Å². The van der Waals surface area contributed by atoms with Gasteiger partial charge in [-0.3, -0.25) is 4.79 Å². The Labute approximate surface area is 150 Å². The summed E-state index contributed by atoms with van der Waals surface area (Å²) < 4.78 is 10.9. The molecule has 2 aliphatic rings. The van der Waals surface area contributed by atoms with Crippen molar-refractivity contribution in [3.8, 4) is 0 Å². The number of hydrogen-bond donors (Lipinski definition) is 2. The molecule has 1 aliphatic heterocycles. The van der Waals surface area contributed by atoms with Crippen molar-refractivity contribution in [2.45, 2.75) is 50.4 Å². The molecular weight excluding hydrogens is 348 g/mol. The quantitative estimate of drug-likeness (QED) is 0.837. The lowest BCUT2D eigenvalue weighted by atomic mass is 9.93. The highest BCUT2D eigenvalue weighted by Gasteiger charge is 2.29. The molecule has 1 amide bonds. The van der Waals surface area contributed by atoms with Crippen LogP contribution in [0, 0.1) is 0 Å². The number of aromatic amines is 1. The van der Waals surface area contributed by atoms with Gasteiger partial charge in [0.15, 0.2) is 0 Å². The van der Waals surface area contributed by atoms with Gasteiger partial charge >= 0.3 is 6.09 Å². The van der Waals surface area contributed by atoms with Gasteiger partial charge in [-0.1, -0.05) is 11.6 Å². The molecule has 9 heteroatoms. The molecule has 0 unspecified atom stereocenters. The molecule has 2 heterocycles. The number of H-pyrrole nitrogens is 1. The van der Waals surface area contributed by atoms with Gasteiger partial charge in [-0.25, -0.2) is 9.89 Å². The van der Waals surface area contributed by atoms with Crippen LogP contribution in [0.1, 0.15) is 32.1 Å². The lowest BCUT2D eigenvalue weighted by Crippen LogP contribution is -2.40. The van der Waals surface area contributed by atoms with Gasteiger partial charge in [-0.2, -0.15) is 5.10 Å². The van der Waals surface area contributed by atoms with E-state index in [-0.39, 0.29) is 23.3 Å². The van der Waals surface area contributed by atoms with Crippen LogP contribution in [-0.2, 0) is 9.47 Å². The molecule has 1 aromatic heterocycles. The lowest BCUT2D eigenvalue weighted by Gasteiger charge is -2.28. The van der Waals surface area contributed by atoms with E-state index in [4.69, 9.17) is 21.1 Å². The zero-order chi connectivity index (χ0) is 17.8. The first kappa shape index (κ1) is 18.0. The van der Waals surface area contributed by atoms with Gasteiger partial charge in [-0.15, -0.1) is 0 Å². The number of methoxy groups -OCH3 is 1. The number of carbonyl (C=O) groups is 1. The van der Waals surface area contributed by atoms with Gasteiger partial charge in [0.2, 0.25) is 0 Å². The number of hydrogen-bond acceptors (Lipinski definition) is 6. The number of nitrogens with one attached hydrogen (secondary N) is 2. The molecule has 0 aromatic carbocycles. The van der Waals surface area contributed by atoms with E-state index in [0.717, 1.165) is 25.7 Å². The van der Waals surface area contributed by atoms with Crippen LogP contribution in [0.3, 0.4) is 0 Å². The summed E-state index contributed by atoms with van der Waals surface area (Å²) in [7, 11) is 1.72. The van der Waals surface area contributed by atoms with Crippen LogP contribution in [0.5, 0.6) is 0 Å². The number of nitrogens with zero attached hydrogens (tertiary/aromatic N) is 2. The van der Waals surface area contributed by atoms with E-state index in [9.17, 15) is 9.59 Å². The Morgan fingerprint density at radius 1 is 1.32 bits per heavy atom. The predicted molar refractivity (Wildman–Crippen MR) is 93.2 cm³/mol. The van der Waals surface area contributed by atoms with Crippen molar-refractivity contribution >= 4 is 23.4 Å². The van der Waals surface area contributed by atoms with Crippen molar-refractivity contribution in [1.29, 1.82) is 0 Å². The normalized spacial score (nSPS) is 26.5. The van der Waals surface area contributed by atoms with Crippen molar-refractivity contribution in [2.75, 3.05) is 25.1 Å². The molecule has 138 valence electrons. The van der Waals surface area contributed by atoms with Crippen molar-refractivity contribution < 1.29 is 14.3 Å². The van der Waals surface area contributed by atoms with Crippen molar-refractivity contribution in [3.63, 3.8) is 0 Å². The van der Waals surface area contributed by atoms with E-state index in [1.807, 2.05) is 4.90 Å². The monoisotopic (exact) mass is 370 g/mol. The summed E-state index contributed by atoms with van der Waals surface area (Å²) in [5, 5.41) is 9.11. The number of aromatic nitrogens is 2. The Morgan fingerprint density at radius 2 is 2.08 bits per heavy atom. The van der Waals surface area contributed by atoms with E-state index in [1.165, 1.54) is 6.20 Å². The lowest BCUT2D eigenvalue weighted by molar-refractivity contribution is 0.0582. The second-order valence-corrected chi connectivity index (χ2v) is 6.89. The minimum atomic E-state index is -0.423. The molecule has 1 atom stereocenters. The van der Waals surface area contributed by atoms with Crippen LogP contribution in [0.25, 0.3) is 0 Å². The Hall–Kier alpha value is -1.80. The summed E-state index contributed by atoms with van der Waals surface area (Å²) in [4.78, 5) is 25.6. The minimum Gasteiger partial charge on any atom is -0.444 e. The van der Waals surface area contributed by atoms with Crippen molar-refractivity contribution in [3.05, 3.63) is 21.6 Å². The zero-order valence-electron chi connectivity index (χ0n) is 14.2. The molecular formula is C16H23ClN4O4. The van der Waals surface area contributed by atoms with Crippen LogP contribution in [-0.4, -0.2) is 54.7 Å². The Kier molecular flexibility index (Phi) is 5.80. The fourth-order valence-electron chi connectivity index (χ4n) is 3.43. The van der Waals surface area contributed by atoms with Crippen LogP contribution in [0.2, 0.25) is 5.02 Å². The summed E-state index contributed by atoms with van der Waals surface area (Å²) in [6, 6.07) is 0.141. The summed E-state index contributed by atoms with van der Waals surface area (Å²) in [5.74, 6) is 0. The maximum absolute atomic E-state index is 12.1. The van der Waals surface area contributed by atoms with Crippen LogP contribution in [0.4, 0.5) is 10.5 Å². The second-order valence-electron chi connectivity index (χ2n) is 6.51. The van der Waals surface area contributed by atoms with E-state index in [0.29, 0.717) is 31.3 Å². The van der Waals surface area contributed by atoms with Crippen molar-refractivity contribution in [1.82, 2.24) is 15.5 Å². The number of anilines is 1. The van der Waals surface area contributed by atoms with E-state index in [2.05, 4.69) is 15.5 Å². The fourth-order valence-corrected chi connectivity index (χ4v) is 3.64. The first-order valence-electron chi connectivity index (χ1n) is 8.55. The number of alkyl carbamates (subject to hydrolysis) is 1. The molecule has 1 saturated carbocycles. The largest absolute Gasteiger partial charge is 0.444 e. The molecule has 3 rings (SSSR count). The average molecular weight is 371 g/mol. The molecule has 1 saturated heterocycles. The first-order valence-corrected chi connectivity index (χ1v) is 8.92. The van der Waals surface area contributed by atoms with Gasteiger partial charge in [0.1, 0.15) is 11.1 Å². The molecule has 0 radical (unpaired) electrons. The van der Waals surface area contributed by atoms with E-state index < -0.39 is 5.56 Å². The molecule has 2 fully saturated rings. The summed E-state index contributed by atoms with van der Waals surface area (Å²) in [5.41, 5.74) is 0.141. The molecule has 2 N–H and O–H groups in total. The molecule has 0 bridgehead atoms. The van der Waals surface area contributed by atoms with Crippen LogP contribution in [0.15, 0.2) is 11.0 Å². The molecule has 25 heavy (non-hydrogen) atoms. The van der Waals surface area contributed by atoms with Gasteiger partial charge < -0.3 is 19.7 Å². The Morgan fingerprint density at radius 3 is 2.80 bits per heavy atom. The number of halogens is 1. The number of amides is 1. The van der Waals surface area contributed by atoms with E-state index in [1.54, 1.807) is 7.11 Å². The first-order chi connectivity index (χ1) is 12.1. The standard InChI is InChI=1S/C16H23ClN4O4/c1-24-11-4-2-10(3-5-11)19-16(23)25-12-6-7-21(9-12)13-8-18-20-15(22)14(13)17/h8,10-12H,2-7,9H2,1H3,(H,19,23)(H,20,22)/t10-,11+,12-/m1/s1. The summed E-state index contributed by atoms with van der Waals surface area (Å²) in [6.07, 6.45) is 5.59. The maximum Gasteiger partial charge on any atom is 0.407 e. The van der Waals surface area contributed by atoms with Crippen molar-refractivity contribution in [2.24, 2.45) is 0 Å². The summed E-state index contributed by atoms with van der Waals surface area (Å²) in [6.45, 7) is 1.15. The molecule has 1 aliphatic carbocycles. The average Bonchev–Trinajstić information content (AvgIpc) is 3.06. The minimum absolute atomic E-state index is 0.106. The van der Waals surface area contributed by atoms with Gasteiger partial charge in [0, 0.05) is 26.1 Å². The molecule has 1 aromatic rings. The second kappa shape index (κ2) is 8.05. The highest BCUT2D eigenvalue weighted by molar-refractivity contribution is 6.33. The number of rotatable bonds is 4. The number of carbonyl (C=O) groups excluding carboxylic acids is 1. The van der Waals surface area contributed by atoms with Crippen LogP contribution < -0.4 is 15.8 Å². The maximum atomic E-state index is 12.1. The third-order valence-electron chi connectivity index (χ3n) is 4.87. The van der Waals surface area contributed by atoms with Gasteiger partial charge in [0.25, 0.3) is 5.56 Å². The SMILES string of the molecule is CO[C@H]1CC[C@@H](NC(=O)O[C@@H]2CCN(c3cn[nH]c(=O)c3Cl)C2)CC1.